The lowest BCUT2D eigenvalue weighted by Crippen LogP contribution is -2.43. The zero-order valence-corrected chi connectivity index (χ0v) is 15.1. The van der Waals surface area contributed by atoms with Crippen LogP contribution in [0.5, 0.6) is 0 Å². The van der Waals surface area contributed by atoms with E-state index in [1.54, 1.807) is 11.8 Å². The molecule has 1 N–H and O–H groups in total. The molecule has 1 aliphatic heterocycles. The number of aliphatic hydroxyl groups excluding tert-OH is 1. The van der Waals surface area contributed by atoms with Gasteiger partial charge in [0.25, 0.3) is 0 Å². The van der Waals surface area contributed by atoms with E-state index in [1.807, 2.05) is 6.92 Å². The smallest absolute Gasteiger partial charge is 0.230 e. The van der Waals surface area contributed by atoms with Crippen molar-refractivity contribution in [3.05, 3.63) is 23.4 Å². The molecule has 1 aliphatic carbocycles. The summed E-state index contributed by atoms with van der Waals surface area (Å²) in [6, 6.07) is -0.0958. The molecule has 0 unspecified atom stereocenters. The lowest BCUT2D eigenvalue weighted by Gasteiger charge is -2.28. The molecular weight excluding hydrogens is 320 g/mol. The van der Waals surface area contributed by atoms with E-state index < -0.39 is 6.10 Å². The molecule has 1 saturated heterocycles. The van der Waals surface area contributed by atoms with E-state index in [0.717, 1.165) is 19.4 Å². The van der Waals surface area contributed by atoms with Gasteiger partial charge in [-0.2, -0.15) is 0 Å². The van der Waals surface area contributed by atoms with Gasteiger partial charge in [-0.3, -0.25) is 9.69 Å². The van der Waals surface area contributed by atoms with Gasteiger partial charge in [-0.1, -0.05) is 18.6 Å². The van der Waals surface area contributed by atoms with Gasteiger partial charge in [-0.05, 0) is 32.2 Å². The topological polar surface area (TPSA) is 82.7 Å². The molecule has 3 rings (SSSR count). The standard InChI is InChI=1S/C18H28N4O3/c1-3-21(12-17-20-19-13(2)25-17)15-10-22(11-16(15)23)18(24)9-14-7-5-4-6-8-14/h7,15-16,23H,3-6,8-12H2,1-2H3/t15-,16-/m1/s1. The number of allylic oxidation sites excluding steroid dienone is 1. The summed E-state index contributed by atoms with van der Waals surface area (Å²) in [7, 11) is 0. The van der Waals surface area contributed by atoms with Gasteiger partial charge in [-0.25, -0.2) is 0 Å². The summed E-state index contributed by atoms with van der Waals surface area (Å²) < 4.78 is 5.45. The highest BCUT2D eigenvalue weighted by Crippen LogP contribution is 2.24. The molecule has 7 heteroatoms. The van der Waals surface area contributed by atoms with Crippen molar-refractivity contribution in [2.75, 3.05) is 19.6 Å². The number of aromatic nitrogens is 2. The molecule has 1 amide bonds. The number of likely N-dealkylation sites (tertiary alicyclic amines) is 1. The molecule has 1 fully saturated rings. The number of carbonyl (C=O) groups is 1. The number of hydrogen-bond acceptors (Lipinski definition) is 6. The van der Waals surface area contributed by atoms with Gasteiger partial charge in [0.1, 0.15) is 0 Å². The maximum Gasteiger partial charge on any atom is 0.230 e. The first-order chi connectivity index (χ1) is 12.1. The summed E-state index contributed by atoms with van der Waals surface area (Å²) in [4.78, 5) is 16.5. The van der Waals surface area contributed by atoms with Gasteiger partial charge >= 0.3 is 0 Å². The quantitative estimate of drug-likeness (QED) is 0.787. The summed E-state index contributed by atoms with van der Waals surface area (Å²) in [6.45, 7) is 5.98. The van der Waals surface area contributed by atoms with Crippen molar-refractivity contribution in [1.82, 2.24) is 20.0 Å². The number of carbonyl (C=O) groups excluding carboxylic acids is 1. The van der Waals surface area contributed by atoms with Crippen LogP contribution in [0.15, 0.2) is 16.1 Å². The van der Waals surface area contributed by atoms with E-state index in [-0.39, 0.29) is 11.9 Å². The number of hydrogen-bond donors (Lipinski definition) is 1. The van der Waals surface area contributed by atoms with Gasteiger partial charge < -0.3 is 14.4 Å². The molecule has 0 spiro atoms. The number of β-amino-alcohol motifs (C(OH)–C–C–N with tert-alkyl or cyclic N) is 1. The van der Waals surface area contributed by atoms with Crippen LogP contribution < -0.4 is 0 Å². The van der Waals surface area contributed by atoms with E-state index >= 15 is 0 Å². The van der Waals surface area contributed by atoms with Gasteiger partial charge in [0.05, 0.1) is 18.7 Å². The van der Waals surface area contributed by atoms with E-state index in [0.29, 0.717) is 37.8 Å². The van der Waals surface area contributed by atoms with Crippen LogP contribution >= 0.6 is 0 Å². The third-order valence-corrected chi connectivity index (χ3v) is 5.16. The molecule has 2 heterocycles. The Labute approximate surface area is 148 Å². The SMILES string of the molecule is CCN(Cc1nnc(C)o1)[C@@H]1CN(C(=O)CC2=CCCCC2)C[C@H]1O. The van der Waals surface area contributed by atoms with E-state index in [9.17, 15) is 9.90 Å². The van der Waals surface area contributed by atoms with Crippen molar-refractivity contribution >= 4 is 5.91 Å². The highest BCUT2D eigenvalue weighted by molar-refractivity contribution is 5.79. The lowest BCUT2D eigenvalue weighted by atomic mass is 9.97. The molecule has 25 heavy (non-hydrogen) atoms. The highest BCUT2D eigenvalue weighted by atomic mass is 16.4. The third-order valence-electron chi connectivity index (χ3n) is 5.16. The third kappa shape index (κ3) is 4.46. The Morgan fingerprint density at radius 1 is 1.40 bits per heavy atom. The monoisotopic (exact) mass is 348 g/mol. The number of amides is 1. The molecule has 2 aliphatic rings. The minimum Gasteiger partial charge on any atom is -0.424 e. The first-order valence-electron chi connectivity index (χ1n) is 9.23. The number of likely N-dealkylation sites (N-methyl/N-ethyl adjacent to an activating group) is 1. The van der Waals surface area contributed by atoms with Crippen LogP contribution in [0.1, 0.15) is 50.8 Å². The summed E-state index contributed by atoms with van der Waals surface area (Å²) in [5.74, 6) is 1.21. The van der Waals surface area contributed by atoms with Crippen molar-refractivity contribution in [2.24, 2.45) is 0 Å². The van der Waals surface area contributed by atoms with Gasteiger partial charge in [0.2, 0.25) is 17.7 Å². The molecule has 0 bridgehead atoms. The molecular formula is C18H28N4O3. The normalized spacial score (nSPS) is 24.0. The number of rotatable bonds is 6. The highest BCUT2D eigenvalue weighted by Gasteiger charge is 2.37. The average Bonchev–Trinajstić information content (AvgIpc) is 3.19. The molecule has 0 radical (unpaired) electrons. The summed E-state index contributed by atoms with van der Waals surface area (Å²) >= 11 is 0. The second kappa shape index (κ2) is 8.10. The van der Waals surface area contributed by atoms with Crippen molar-refractivity contribution in [3.8, 4) is 0 Å². The molecule has 1 aromatic rings. The Balaban J connectivity index is 1.59. The summed E-state index contributed by atoms with van der Waals surface area (Å²) in [5.41, 5.74) is 1.25. The number of nitrogens with zero attached hydrogens (tertiary/aromatic N) is 4. The first-order valence-corrected chi connectivity index (χ1v) is 9.23. The molecule has 7 nitrogen and oxygen atoms in total. The number of aliphatic hydroxyl groups is 1. The van der Waals surface area contributed by atoms with Crippen molar-refractivity contribution in [2.45, 2.75) is 64.6 Å². The fourth-order valence-electron chi connectivity index (χ4n) is 3.74. The van der Waals surface area contributed by atoms with Crippen LogP contribution in [0.3, 0.4) is 0 Å². The zero-order valence-electron chi connectivity index (χ0n) is 15.1. The maximum absolute atomic E-state index is 12.6. The van der Waals surface area contributed by atoms with E-state index in [4.69, 9.17) is 4.42 Å². The predicted octanol–water partition coefficient (Wildman–Crippen LogP) is 1.66. The van der Waals surface area contributed by atoms with Crippen LogP contribution in [-0.4, -0.2) is 62.8 Å². The zero-order chi connectivity index (χ0) is 17.8. The lowest BCUT2D eigenvalue weighted by molar-refractivity contribution is -0.129. The van der Waals surface area contributed by atoms with Crippen molar-refractivity contribution < 1.29 is 14.3 Å². The number of aryl methyl sites for hydroxylation is 1. The van der Waals surface area contributed by atoms with Crippen LogP contribution in [0.25, 0.3) is 0 Å². The molecule has 1 aromatic heterocycles. The summed E-state index contributed by atoms with van der Waals surface area (Å²) in [5, 5.41) is 18.4. The van der Waals surface area contributed by atoms with Crippen LogP contribution in [0, 0.1) is 6.92 Å². The first kappa shape index (κ1) is 18.1. The maximum atomic E-state index is 12.6. The van der Waals surface area contributed by atoms with Crippen LogP contribution in [-0.2, 0) is 11.3 Å². The van der Waals surface area contributed by atoms with Crippen molar-refractivity contribution in [3.63, 3.8) is 0 Å². The summed E-state index contributed by atoms with van der Waals surface area (Å²) in [6.07, 6.45) is 6.67. The average molecular weight is 348 g/mol. The second-order valence-corrected chi connectivity index (χ2v) is 7.00. The van der Waals surface area contributed by atoms with Crippen LogP contribution in [0.4, 0.5) is 0 Å². The van der Waals surface area contributed by atoms with Gasteiger partial charge in [0, 0.05) is 26.4 Å². The molecule has 2 atom stereocenters. The fourth-order valence-corrected chi connectivity index (χ4v) is 3.74. The Hall–Kier alpha value is -1.73. The second-order valence-electron chi connectivity index (χ2n) is 7.00. The van der Waals surface area contributed by atoms with Crippen molar-refractivity contribution in [1.29, 1.82) is 0 Å². The minimum atomic E-state index is -0.548. The minimum absolute atomic E-state index is 0.0958. The van der Waals surface area contributed by atoms with Gasteiger partial charge in [-0.15, -0.1) is 10.2 Å². The Morgan fingerprint density at radius 3 is 2.88 bits per heavy atom. The predicted molar refractivity (Wildman–Crippen MR) is 92.7 cm³/mol. The largest absolute Gasteiger partial charge is 0.424 e. The van der Waals surface area contributed by atoms with E-state index in [2.05, 4.69) is 21.2 Å². The Bertz CT molecular complexity index is 628. The van der Waals surface area contributed by atoms with Crippen LogP contribution in [0.2, 0.25) is 0 Å². The fraction of sp³-hybridized carbons (Fsp3) is 0.722. The molecule has 138 valence electrons. The van der Waals surface area contributed by atoms with Gasteiger partial charge in [0.15, 0.2) is 0 Å². The van der Waals surface area contributed by atoms with E-state index in [1.165, 1.54) is 18.4 Å². The Kier molecular flexibility index (Phi) is 5.86. The Morgan fingerprint density at radius 2 is 2.24 bits per heavy atom. The molecule has 0 saturated carbocycles. The molecule has 0 aromatic carbocycles.